The van der Waals surface area contributed by atoms with Crippen LogP contribution in [0.4, 0.5) is 0 Å². The fourth-order valence-electron chi connectivity index (χ4n) is 4.66. The third kappa shape index (κ3) is 4.54. The van der Waals surface area contributed by atoms with E-state index < -0.39 is 0 Å². The number of likely N-dealkylation sites (tertiary alicyclic amines) is 1. The lowest BCUT2D eigenvalue weighted by Gasteiger charge is -2.36. The molecule has 2 saturated heterocycles. The van der Waals surface area contributed by atoms with Gasteiger partial charge in [0.25, 0.3) is 0 Å². The molecular formula is C25H30N6O. The summed E-state index contributed by atoms with van der Waals surface area (Å²) in [6, 6.07) is 21.3. The zero-order valence-corrected chi connectivity index (χ0v) is 18.4. The van der Waals surface area contributed by atoms with Crippen molar-refractivity contribution in [3.05, 3.63) is 78.2 Å². The number of nitrogens with one attached hydrogen (secondary N) is 2. The van der Waals surface area contributed by atoms with Crippen LogP contribution in [0.3, 0.4) is 0 Å². The molecule has 0 saturated carbocycles. The molecule has 2 atom stereocenters. The fraction of sp³-hybridized carbons (Fsp3) is 0.360. The largest absolute Gasteiger partial charge is 0.373 e. The van der Waals surface area contributed by atoms with E-state index in [0.717, 1.165) is 55.8 Å². The summed E-state index contributed by atoms with van der Waals surface area (Å²) in [5, 5.41) is 3.47. The third-order valence-corrected chi connectivity index (χ3v) is 6.28. The number of aromatic amines is 1. The summed E-state index contributed by atoms with van der Waals surface area (Å²) in [6.45, 7) is 5.06. The van der Waals surface area contributed by atoms with Crippen LogP contribution in [0.2, 0.25) is 0 Å². The number of H-pyrrole nitrogens is 1. The highest BCUT2D eigenvalue weighted by atomic mass is 16.5. The van der Waals surface area contributed by atoms with Gasteiger partial charge in [-0.25, -0.2) is 4.98 Å². The van der Waals surface area contributed by atoms with Crippen LogP contribution in [-0.2, 0) is 17.8 Å². The molecule has 2 aliphatic rings. The van der Waals surface area contributed by atoms with Crippen molar-refractivity contribution >= 4 is 5.96 Å². The lowest BCUT2D eigenvalue weighted by molar-refractivity contribution is -0.0502. The van der Waals surface area contributed by atoms with Gasteiger partial charge in [-0.05, 0) is 11.1 Å². The van der Waals surface area contributed by atoms with Gasteiger partial charge in [0.1, 0.15) is 5.82 Å². The molecule has 2 N–H and O–H groups in total. The van der Waals surface area contributed by atoms with Gasteiger partial charge in [-0.15, -0.1) is 0 Å². The van der Waals surface area contributed by atoms with Crippen molar-refractivity contribution in [2.24, 2.45) is 4.99 Å². The van der Waals surface area contributed by atoms with Gasteiger partial charge in [0.2, 0.25) is 0 Å². The van der Waals surface area contributed by atoms with Crippen LogP contribution in [0, 0.1) is 0 Å². The number of ether oxygens (including phenoxy) is 1. The molecule has 0 bridgehead atoms. The van der Waals surface area contributed by atoms with Gasteiger partial charge in [0.15, 0.2) is 5.96 Å². The molecule has 32 heavy (non-hydrogen) atoms. The van der Waals surface area contributed by atoms with E-state index in [4.69, 9.17) is 4.74 Å². The molecule has 3 aromatic rings. The predicted molar refractivity (Wildman–Crippen MR) is 126 cm³/mol. The van der Waals surface area contributed by atoms with E-state index in [2.05, 4.69) is 72.5 Å². The molecule has 5 rings (SSSR count). The molecule has 2 fully saturated rings. The van der Waals surface area contributed by atoms with E-state index in [1.54, 1.807) is 0 Å². The van der Waals surface area contributed by atoms with Crippen LogP contribution in [0.1, 0.15) is 11.4 Å². The second-order valence-electron chi connectivity index (χ2n) is 8.35. The number of imidazole rings is 1. The Bertz CT molecular complexity index is 1030. The quantitative estimate of drug-likeness (QED) is 0.481. The van der Waals surface area contributed by atoms with E-state index >= 15 is 0 Å². The molecule has 7 heteroatoms. The summed E-state index contributed by atoms with van der Waals surface area (Å²) in [6.07, 6.45) is 2.09. The average molecular weight is 431 g/mol. The first-order valence-electron chi connectivity index (χ1n) is 11.2. The number of aliphatic imine (C=N–C) groups is 1. The summed E-state index contributed by atoms with van der Waals surface area (Å²) in [5.41, 5.74) is 3.51. The molecule has 7 nitrogen and oxygen atoms in total. The van der Waals surface area contributed by atoms with Crippen molar-refractivity contribution < 1.29 is 4.74 Å². The van der Waals surface area contributed by atoms with E-state index in [1.807, 2.05) is 31.4 Å². The van der Waals surface area contributed by atoms with Crippen molar-refractivity contribution in [2.75, 3.05) is 33.3 Å². The number of aromatic nitrogens is 2. The van der Waals surface area contributed by atoms with Crippen LogP contribution in [0.15, 0.2) is 71.9 Å². The normalized spacial score (nSPS) is 21.5. The van der Waals surface area contributed by atoms with Crippen LogP contribution < -0.4 is 5.32 Å². The van der Waals surface area contributed by atoms with Gasteiger partial charge in [-0.2, -0.15) is 0 Å². The van der Waals surface area contributed by atoms with Crippen molar-refractivity contribution in [3.8, 4) is 11.3 Å². The molecule has 2 unspecified atom stereocenters. The Hall–Kier alpha value is -3.16. The maximum atomic E-state index is 6.13. The van der Waals surface area contributed by atoms with E-state index in [9.17, 15) is 0 Å². The summed E-state index contributed by atoms with van der Waals surface area (Å²) in [7, 11) is 1.84. The average Bonchev–Trinajstić information content (AvgIpc) is 3.49. The maximum absolute atomic E-state index is 6.13. The lowest BCUT2D eigenvalue weighted by atomic mass is 10.1. The highest BCUT2D eigenvalue weighted by molar-refractivity contribution is 5.80. The molecule has 0 aliphatic carbocycles. The zero-order chi connectivity index (χ0) is 21.8. The number of hydrogen-bond donors (Lipinski definition) is 2. The third-order valence-electron chi connectivity index (χ3n) is 6.28. The van der Waals surface area contributed by atoms with Crippen LogP contribution >= 0.6 is 0 Å². The van der Waals surface area contributed by atoms with Crippen molar-refractivity contribution in [1.29, 1.82) is 0 Å². The Labute approximate surface area is 189 Å². The Kier molecular flexibility index (Phi) is 6.18. The number of morpholine rings is 1. The summed E-state index contributed by atoms with van der Waals surface area (Å²) in [4.78, 5) is 17.3. The first-order valence-corrected chi connectivity index (χ1v) is 11.2. The smallest absolute Gasteiger partial charge is 0.194 e. The van der Waals surface area contributed by atoms with Gasteiger partial charge >= 0.3 is 0 Å². The van der Waals surface area contributed by atoms with Gasteiger partial charge in [0, 0.05) is 33.2 Å². The van der Waals surface area contributed by atoms with Crippen LogP contribution in [0.5, 0.6) is 0 Å². The first-order chi connectivity index (χ1) is 15.8. The Balaban J connectivity index is 1.20. The second kappa shape index (κ2) is 9.54. The van der Waals surface area contributed by atoms with Gasteiger partial charge in [-0.3, -0.25) is 9.89 Å². The number of nitrogens with zero attached hydrogens (tertiary/aromatic N) is 4. The Morgan fingerprint density at radius 2 is 1.91 bits per heavy atom. The Morgan fingerprint density at radius 1 is 1.12 bits per heavy atom. The summed E-state index contributed by atoms with van der Waals surface area (Å²) >= 11 is 0. The topological polar surface area (TPSA) is 68.8 Å². The number of benzene rings is 2. The SMILES string of the molecule is CN=C(NCc1ncc(-c2ccccc2)[nH]1)N1CC2OCCN(Cc3ccccc3)C2C1. The predicted octanol–water partition coefficient (Wildman–Crippen LogP) is 2.74. The van der Waals surface area contributed by atoms with Gasteiger partial charge < -0.3 is 19.9 Å². The maximum Gasteiger partial charge on any atom is 0.194 e. The summed E-state index contributed by atoms with van der Waals surface area (Å²) in [5.74, 6) is 1.78. The monoisotopic (exact) mass is 430 g/mol. The zero-order valence-electron chi connectivity index (χ0n) is 18.4. The second-order valence-corrected chi connectivity index (χ2v) is 8.35. The van der Waals surface area contributed by atoms with Crippen molar-refractivity contribution in [3.63, 3.8) is 0 Å². The standard InChI is InChI=1S/C25H30N6O/c1-26-25(28-15-24-27-14-21(29-24)20-10-6-3-7-11-20)31-17-22-23(18-31)32-13-12-30(22)16-19-8-4-2-5-9-19/h2-11,14,22-23H,12-13,15-18H2,1H3,(H,26,28)(H,27,29). The molecular weight excluding hydrogens is 400 g/mol. The number of rotatable bonds is 5. The summed E-state index contributed by atoms with van der Waals surface area (Å²) < 4.78 is 6.13. The number of guanidine groups is 1. The fourth-order valence-corrected chi connectivity index (χ4v) is 4.66. The Morgan fingerprint density at radius 3 is 2.69 bits per heavy atom. The van der Waals surface area contributed by atoms with Crippen molar-refractivity contribution in [2.45, 2.75) is 25.2 Å². The van der Waals surface area contributed by atoms with E-state index in [0.29, 0.717) is 12.6 Å². The molecule has 0 spiro atoms. The lowest BCUT2D eigenvalue weighted by Crippen LogP contribution is -2.50. The molecule has 166 valence electrons. The highest BCUT2D eigenvalue weighted by Crippen LogP contribution is 2.25. The minimum atomic E-state index is 0.208. The molecule has 1 aromatic heterocycles. The molecule has 3 heterocycles. The van der Waals surface area contributed by atoms with Crippen molar-refractivity contribution in [1.82, 2.24) is 25.1 Å². The highest BCUT2D eigenvalue weighted by Gasteiger charge is 2.41. The minimum Gasteiger partial charge on any atom is -0.373 e. The minimum absolute atomic E-state index is 0.208. The molecule has 2 aliphatic heterocycles. The van der Waals surface area contributed by atoms with Crippen LogP contribution in [0.25, 0.3) is 11.3 Å². The molecule has 0 amide bonds. The van der Waals surface area contributed by atoms with E-state index in [-0.39, 0.29) is 6.10 Å². The first kappa shape index (κ1) is 20.7. The van der Waals surface area contributed by atoms with Crippen LogP contribution in [-0.4, -0.2) is 71.2 Å². The number of hydrogen-bond acceptors (Lipinski definition) is 4. The molecule has 0 radical (unpaired) electrons. The van der Waals surface area contributed by atoms with E-state index in [1.165, 1.54) is 5.56 Å². The molecule has 2 aromatic carbocycles. The number of fused-ring (bicyclic) bond motifs is 1. The van der Waals surface area contributed by atoms with Gasteiger partial charge in [0.05, 0.1) is 37.2 Å². The van der Waals surface area contributed by atoms with Gasteiger partial charge in [-0.1, -0.05) is 60.7 Å².